The van der Waals surface area contributed by atoms with Gasteiger partial charge < -0.3 is 9.13 Å². The third-order valence-electron chi connectivity index (χ3n) is 10.6. The maximum absolute atomic E-state index is 10.6. The summed E-state index contributed by atoms with van der Waals surface area (Å²) in [6.07, 6.45) is 12.0. The van der Waals surface area contributed by atoms with Gasteiger partial charge in [0.25, 0.3) is 0 Å². The van der Waals surface area contributed by atoms with Crippen molar-refractivity contribution >= 4 is 65.5 Å². The third-order valence-corrected chi connectivity index (χ3v) is 11.8. The molecule has 0 bridgehead atoms. The predicted octanol–water partition coefficient (Wildman–Crippen LogP) is 11.5. The Morgan fingerprint density at radius 2 is 1.64 bits per heavy atom. The van der Waals surface area contributed by atoms with Crippen molar-refractivity contribution in [3.8, 4) is 34.6 Å². The molecule has 0 amide bonds. The van der Waals surface area contributed by atoms with E-state index in [1.807, 2.05) is 17.4 Å². The standard InChI is InChI=1S/C45H30N4S/c1-27-17-18-33-32-11-2-5-14-38(32)49(41(33)21-27)44-30(26-47)22-28(25-46)23-37(44)29-9-8-10-31(24-29)48-39-15-6-3-13-36(39)43-40(48)20-19-35-34-12-4-7-16-42(34)50-45(35)43/h2,4-12,14-20,22-24,27H,3,13,21H2,1H3. The smallest absolute Gasteiger partial charge is 0.101 e. The molecule has 0 radical (unpaired) electrons. The summed E-state index contributed by atoms with van der Waals surface area (Å²) in [4.78, 5) is 0. The summed E-state index contributed by atoms with van der Waals surface area (Å²) in [7, 11) is 0. The Balaban J connectivity index is 1.25. The lowest BCUT2D eigenvalue weighted by atomic mass is 9.93. The van der Waals surface area contributed by atoms with Crippen LogP contribution in [-0.4, -0.2) is 9.13 Å². The molecule has 3 heterocycles. The molecule has 0 fully saturated rings. The van der Waals surface area contributed by atoms with Gasteiger partial charge in [0.2, 0.25) is 0 Å². The van der Waals surface area contributed by atoms with E-state index in [9.17, 15) is 10.5 Å². The molecule has 0 saturated heterocycles. The van der Waals surface area contributed by atoms with Gasteiger partial charge in [-0.3, -0.25) is 0 Å². The van der Waals surface area contributed by atoms with Gasteiger partial charge in [-0.25, -0.2) is 0 Å². The molecule has 0 N–H and O–H groups in total. The summed E-state index contributed by atoms with van der Waals surface area (Å²) >= 11 is 1.89. The number of hydrogen-bond acceptors (Lipinski definition) is 3. The van der Waals surface area contributed by atoms with Gasteiger partial charge in [-0.05, 0) is 84.8 Å². The van der Waals surface area contributed by atoms with Crippen molar-refractivity contribution in [3.63, 3.8) is 0 Å². The van der Waals surface area contributed by atoms with Crippen LogP contribution in [-0.2, 0) is 12.8 Å². The van der Waals surface area contributed by atoms with Gasteiger partial charge in [0.1, 0.15) is 6.07 Å². The average Bonchev–Trinajstić information content (AvgIpc) is 3.81. The first kappa shape index (κ1) is 28.8. The first-order valence-electron chi connectivity index (χ1n) is 17.2. The number of fused-ring (bicyclic) bond motifs is 10. The molecule has 0 spiro atoms. The van der Waals surface area contributed by atoms with Gasteiger partial charge in [0, 0.05) is 59.1 Å². The Bertz CT molecular complexity index is 2890. The second-order valence-corrected chi connectivity index (χ2v) is 14.6. The van der Waals surface area contributed by atoms with Crippen molar-refractivity contribution in [2.45, 2.75) is 26.2 Å². The SMILES string of the molecule is CC1C=Cc2c(n(-c3c(C#N)cc(C#N)cc3-c3cccc(-n4c5c(c6c7sc8ccccc8c7ccc64)CCC=C5)c3)c3ccccc23)C1. The van der Waals surface area contributed by atoms with E-state index in [-0.39, 0.29) is 0 Å². The van der Waals surface area contributed by atoms with Crippen LogP contribution >= 0.6 is 11.3 Å². The topological polar surface area (TPSA) is 57.4 Å². The summed E-state index contributed by atoms with van der Waals surface area (Å²) in [5.41, 5.74) is 12.0. The van der Waals surface area contributed by atoms with E-state index in [2.05, 4.69) is 137 Å². The molecule has 2 aliphatic carbocycles. The summed E-state index contributed by atoms with van der Waals surface area (Å²) in [6, 6.07) is 38.9. The number of benzene rings is 5. The highest BCUT2D eigenvalue weighted by Crippen LogP contribution is 2.45. The quantitative estimate of drug-likeness (QED) is 0.190. The lowest BCUT2D eigenvalue weighted by molar-refractivity contribution is 0.690. The van der Waals surface area contributed by atoms with Gasteiger partial charge in [-0.2, -0.15) is 10.5 Å². The highest BCUT2D eigenvalue weighted by atomic mass is 32.1. The Hall–Kier alpha value is -6.14. The fourth-order valence-corrected chi connectivity index (χ4v) is 9.70. The number of thiophene rings is 1. The van der Waals surface area contributed by atoms with Crippen molar-refractivity contribution in [2.24, 2.45) is 5.92 Å². The molecule has 1 unspecified atom stereocenters. The molecule has 236 valence electrons. The predicted molar refractivity (Wildman–Crippen MR) is 207 cm³/mol. The number of para-hydroxylation sites is 1. The molecule has 4 nitrogen and oxygen atoms in total. The van der Waals surface area contributed by atoms with Gasteiger partial charge in [0.05, 0.1) is 33.9 Å². The van der Waals surface area contributed by atoms with Crippen molar-refractivity contribution < 1.29 is 0 Å². The fourth-order valence-electron chi connectivity index (χ4n) is 8.43. The van der Waals surface area contributed by atoms with Crippen LogP contribution < -0.4 is 0 Å². The minimum atomic E-state index is 0.370. The number of rotatable bonds is 3. The molecule has 1 atom stereocenters. The monoisotopic (exact) mass is 658 g/mol. The Morgan fingerprint density at radius 1 is 0.780 bits per heavy atom. The lowest BCUT2D eigenvalue weighted by Crippen LogP contribution is -2.11. The van der Waals surface area contributed by atoms with E-state index in [0.717, 1.165) is 47.3 Å². The molecule has 0 saturated carbocycles. The maximum atomic E-state index is 10.6. The van der Waals surface area contributed by atoms with Crippen LogP contribution in [0.2, 0.25) is 0 Å². The Labute approximate surface area is 293 Å². The number of aryl methyl sites for hydroxylation is 1. The molecule has 50 heavy (non-hydrogen) atoms. The average molecular weight is 659 g/mol. The first-order valence-corrected chi connectivity index (χ1v) is 18.0. The first-order chi connectivity index (χ1) is 24.6. The van der Waals surface area contributed by atoms with Crippen LogP contribution in [0, 0.1) is 28.6 Å². The van der Waals surface area contributed by atoms with Crippen LogP contribution in [0.15, 0.2) is 109 Å². The zero-order valence-electron chi connectivity index (χ0n) is 27.4. The molecule has 5 heteroatoms. The van der Waals surface area contributed by atoms with E-state index < -0.39 is 0 Å². The largest absolute Gasteiger partial charge is 0.311 e. The van der Waals surface area contributed by atoms with Crippen LogP contribution in [0.25, 0.3) is 76.6 Å². The number of allylic oxidation sites excluding steroid dienone is 2. The van der Waals surface area contributed by atoms with E-state index in [4.69, 9.17) is 0 Å². The highest BCUT2D eigenvalue weighted by molar-refractivity contribution is 7.26. The summed E-state index contributed by atoms with van der Waals surface area (Å²) in [5.74, 6) is 0.370. The zero-order chi connectivity index (χ0) is 33.5. The maximum Gasteiger partial charge on any atom is 0.101 e. The Kier molecular flexibility index (Phi) is 6.31. The number of hydrogen-bond donors (Lipinski definition) is 0. The molecule has 2 aliphatic rings. The van der Waals surface area contributed by atoms with Crippen LogP contribution in [0.4, 0.5) is 0 Å². The van der Waals surface area contributed by atoms with Gasteiger partial charge >= 0.3 is 0 Å². The summed E-state index contributed by atoms with van der Waals surface area (Å²) in [5, 5.41) is 25.9. The Morgan fingerprint density at radius 3 is 2.52 bits per heavy atom. The number of aromatic nitrogens is 2. The summed E-state index contributed by atoms with van der Waals surface area (Å²) < 4.78 is 7.36. The van der Waals surface area contributed by atoms with E-state index in [0.29, 0.717) is 17.0 Å². The lowest BCUT2D eigenvalue weighted by Gasteiger charge is -2.21. The van der Waals surface area contributed by atoms with Gasteiger partial charge in [-0.15, -0.1) is 11.3 Å². The van der Waals surface area contributed by atoms with Crippen molar-refractivity contribution in [2.75, 3.05) is 0 Å². The van der Waals surface area contributed by atoms with Crippen LogP contribution in [0.1, 0.15) is 47.0 Å². The van der Waals surface area contributed by atoms with E-state index >= 15 is 0 Å². The molecule has 10 rings (SSSR count). The second-order valence-electron chi connectivity index (χ2n) is 13.5. The number of nitrogens with zero attached hydrogens (tertiary/aromatic N) is 4. The van der Waals surface area contributed by atoms with Crippen LogP contribution in [0.5, 0.6) is 0 Å². The van der Waals surface area contributed by atoms with Crippen molar-refractivity contribution in [3.05, 3.63) is 143 Å². The molecule has 3 aromatic heterocycles. The molecule has 5 aromatic carbocycles. The van der Waals surface area contributed by atoms with Crippen molar-refractivity contribution in [1.29, 1.82) is 10.5 Å². The highest BCUT2D eigenvalue weighted by Gasteiger charge is 2.26. The second kappa shape index (κ2) is 10.9. The number of nitriles is 2. The van der Waals surface area contributed by atoms with E-state index in [1.165, 1.54) is 59.0 Å². The molecular weight excluding hydrogens is 629 g/mol. The molecular formula is C45H30N4S. The summed E-state index contributed by atoms with van der Waals surface area (Å²) in [6.45, 7) is 2.24. The van der Waals surface area contributed by atoms with Gasteiger partial charge in [-0.1, -0.05) is 79.7 Å². The minimum Gasteiger partial charge on any atom is -0.311 e. The third kappa shape index (κ3) is 4.08. The molecule has 0 aliphatic heterocycles. The minimum absolute atomic E-state index is 0.370. The van der Waals surface area contributed by atoms with Crippen LogP contribution in [0.3, 0.4) is 0 Å². The normalized spacial score (nSPS) is 15.1. The zero-order valence-corrected chi connectivity index (χ0v) is 28.3. The molecule has 8 aromatic rings. The van der Waals surface area contributed by atoms with E-state index in [1.54, 1.807) is 6.07 Å². The fraction of sp³-hybridized carbons (Fsp3) is 0.111. The van der Waals surface area contributed by atoms with Gasteiger partial charge in [0.15, 0.2) is 0 Å². The van der Waals surface area contributed by atoms with Crippen molar-refractivity contribution in [1.82, 2.24) is 9.13 Å².